The molecule has 0 aliphatic rings. The van der Waals surface area contributed by atoms with E-state index in [0.29, 0.717) is 11.3 Å². The Morgan fingerprint density at radius 3 is 2.91 bits per heavy atom. The first-order valence-electron chi connectivity index (χ1n) is 6.85. The summed E-state index contributed by atoms with van der Waals surface area (Å²) in [6.45, 7) is -0.202. The Balaban J connectivity index is 1.65. The molecule has 0 atom stereocenters. The van der Waals surface area contributed by atoms with E-state index in [1.807, 2.05) is 18.2 Å². The average Bonchev–Trinajstić information content (AvgIpc) is 2.97. The van der Waals surface area contributed by atoms with E-state index in [2.05, 4.69) is 5.16 Å². The molecule has 0 spiro atoms. The first-order valence-corrected chi connectivity index (χ1v) is 6.85. The Bertz CT molecular complexity index is 912. The van der Waals surface area contributed by atoms with Gasteiger partial charge in [0.15, 0.2) is 5.58 Å². The van der Waals surface area contributed by atoms with Crippen LogP contribution in [0.15, 0.2) is 47.0 Å². The molecule has 0 N–H and O–H groups in total. The molecule has 0 saturated heterocycles. The first-order chi connectivity index (χ1) is 11.2. The molecule has 0 unspecified atom stereocenters. The zero-order valence-corrected chi connectivity index (χ0v) is 12.0. The van der Waals surface area contributed by atoms with Crippen LogP contribution < -0.4 is 0 Å². The zero-order valence-electron chi connectivity index (χ0n) is 12.0. The molecular weight excluding hydrogens is 299 g/mol. The first kappa shape index (κ1) is 14.7. The van der Waals surface area contributed by atoms with Crippen LogP contribution in [0.1, 0.15) is 16.8 Å². The lowest BCUT2D eigenvalue weighted by Gasteiger charge is -2.05. The molecule has 3 aromatic rings. The van der Waals surface area contributed by atoms with Crippen molar-refractivity contribution in [2.45, 2.75) is 13.0 Å². The summed E-state index contributed by atoms with van der Waals surface area (Å²) in [5.74, 6) is -1.11. The highest BCUT2D eigenvalue weighted by Gasteiger charge is 2.14. The third-order valence-electron chi connectivity index (χ3n) is 3.33. The minimum Gasteiger partial charge on any atom is -0.460 e. The van der Waals surface area contributed by atoms with E-state index >= 15 is 0 Å². The maximum absolute atomic E-state index is 13.7. The quantitative estimate of drug-likeness (QED) is 0.692. The molecule has 0 bridgehead atoms. The summed E-state index contributed by atoms with van der Waals surface area (Å²) in [4.78, 5) is 11.9. The van der Waals surface area contributed by atoms with E-state index in [1.165, 1.54) is 12.1 Å². The summed E-state index contributed by atoms with van der Waals surface area (Å²) in [5.41, 5.74) is 1.49. The number of halogens is 1. The van der Waals surface area contributed by atoms with Crippen LogP contribution in [-0.2, 0) is 22.6 Å². The van der Waals surface area contributed by atoms with Crippen LogP contribution in [0.4, 0.5) is 4.39 Å². The van der Waals surface area contributed by atoms with Gasteiger partial charge in [-0.3, -0.25) is 4.79 Å². The molecule has 1 aromatic heterocycles. The molecule has 3 rings (SSSR count). The monoisotopic (exact) mass is 310 g/mol. The second-order valence-corrected chi connectivity index (χ2v) is 4.88. The van der Waals surface area contributed by atoms with Gasteiger partial charge in [0.25, 0.3) is 0 Å². The number of benzene rings is 2. The van der Waals surface area contributed by atoms with Gasteiger partial charge in [0.05, 0.1) is 18.1 Å². The zero-order chi connectivity index (χ0) is 16.2. The number of fused-ring (bicyclic) bond motifs is 1. The lowest BCUT2D eigenvalue weighted by molar-refractivity contribution is -0.144. The maximum Gasteiger partial charge on any atom is 0.312 e. The van der Waals surface area contributed by atoms with Crippen LogP contribution in [0.25, 0.3) is 11.0 Å². The number of nitriles is 1. The van der Waals surface area contributed by atoms with Crippen molar-refractivity contribution in [2.75, 3.05) is 0 Å². The predicted octanol–water partition coefficient (Wildman–Crippen LogP) is 3.12. The number of ether oxygens (including phenoxy) is 1. The molecule has 0 fully saturated rings. The maximum atomic E-state index is 13.7. The second-order valence-electron chi connectivity index (χ2n) is 4.88. The molecule has 2 aromatic carbocycles. The fourth-order valence-corrected chi connectivity index (χ4v) is 2.15. The van der Waals surface area contributed by atoms with E-state index in [4.69, 9.17) is 14.5 Å². The number of carbonyl (C=O) groups is 1. The third kappa shape index (κ3) is 3.19. The number of para-hydroxylation sites is 1. The Morgan fingerprint density at radius 2 is 2.13 bits per heavy atom. The van der Waals surface area contributed by atoms with Gasteiger partial charge in [0, 0.05) is 10.9 Å². The molecule has 0 amide bonds. The van der Waals surface area contributed by atoms with Crippen molar-refractivity contribution in [3.8, 4) is 6.07 Å². The van der Waals surface area contributed by atoms with Crippen molar-refractivity contribution in [3.63, 3.8) is 0 Å². The van der Waals surface area contributed by atoms with Gasteiger partial charge in [-0.25, -0.2) is 4.39 Å². The lowest BCUT2D eigenvalue weighted by Crippen LogP contribution is -2.09. The normalized spacial score (nSPS) is 10.4. The molecule has 23 heavy (non-hydrogen) atoms. The van der Waals surface area contributed by atoms with Crippen LogP contribution in [0.5, 0.6) is 0 Å². The number of hydrogen-bond donors (Lipinski definition) is 0. The van der Waals surface area contributed by atoms with Gasteiger partial charge in [-0.05, 0) is 24.3 Å². The Kier molecular flexibility index (Phi) is 4.02. The van der Waals surface area contributed by atoms with Crippen LogP contribution >= 0.6 is 0 Å². The van der Waals surface area contributed by atoms with Gasteiger partial charge < -0.3 is 9.26 Å². The molecule has 0 saturated carbocycles. The van der Waals surface area contributed by atoms with Crippen molar-refractivity contribution < 1.29 is 18.4 Å². The van der Waals surface area contributed by atoms with E-state index < -0.39 is 11.8 Å². The van der Waals surface area contributed by atoms with Gasteiger partial charge in [-0.2, -0.15) is 5.26 Å². The minimum atomic E-state index is -0.580. The highest BCUT2D eigenvalue weighted by atomic mass is 19.1. The van der Waals surface area contributed by atoms with Crippen LogP contribution in [0.2, 0.25) is 0 Å². The summed E-state index contributed by atoms with van der Waals surface area (Å²) < 4.78 is 23.9. The van der Waals surface area contributed by atoms with Gasteiger partial charge in [-0.1, -0.05) is 23.4 Å². The van der Waals surface area contributed by atoms with Gasteiger partial charge in [0.1, 0.15) is 18.1 Å². The fraction of sp³-hybridized carbons (Fsp3) is 0.118. The number of aromatic nitrogens is 1. The minimum absolute atomic E-state index is 0.0606. The lowest BCUT2D eigenvalue weighted by atomic mass is 10.1. The van der Waals surface area contributed by atoms with Crippen molar-refractivity contribution in [1.29, 1.82) is 5.26 Å². The van der Waals surface area contributed by atoms with Crippen molar-refractivity contribution in [2.24, 2.45) is 0 Å². The van der Waals surface area contributed by atoms with E-state index in [1.54, 1.807) is 12.1 Å². The Labute approximate surface area is 130 Å². The highest BCUT2D eigenvalue weighted by molar-refractivity contribution is 5.84. The number of nitrogens with zero attached hydrogens (tertiary/aromatic N) is 2. The topological polar surface area (TPSA) is 76.1 Å². The molecule has 0 radical (unpaired) electrons. The number of hydrogen-bond acceptors (Lipinski definition) is 5. The summed E-state index contributed by atoms with van der Waals surface area (Å²) in [7, 11) is 0. The largest absolute Gasteiger partial charge is 0.460 e. The van der Waals surface area contributed by atoms with Gasteiger partial charge in [-0.15, -0.1) is 0 Å². The summed E-state index contributed by atoms with van der Waals surface area (Å²) in [6.07, 6.45) is -0.0606. The average molecular weight is 310 g/mol. The van der Waals surface area contributed by atoms with Crippen LogP contribution in [-0.4, -0.2) is 11.1 Å². The van der Waals surface area contributed by atoms with E-state index in [-0.39, 0.29) is 24.2 Å². The highest BCUT2D eigenvalue weighted by Crippen LogP contribution is 2.18. The Hall–Kier alpha value is -3.20. The molecule has 114 valence electrons. The second kappa shape index (κ2) is 6.28. The molecule has 1 heterocycles. The Morgan fingerprint density at radius 1 is 1.30 bits per heavy atom. The van der Waals surface area contributed by atoms with Gasteiger partial charge in [0.2, 0.25) is 0 Å². The molecule has 5 nitrogen and oxygen atoms in total. The molecular formula is C17H11FN2O3. The van der Waals surface area contributed by atoms with E-state index in [0.717, 1.165) is 11.5 Å². The predicted molar refractivity (Wildman–Crippen MR) is 78.6 cm³/mol. The summed E-state index contributed by atoms with van der Waals surface area (Å²) >= 11 is 0. The SMILES string of the molecule is N#Cc1ccc(COC(=O)Cc2noc3ccccc23)c(F)c1. The van der Waals surface area contributed by atoms with Crippen molar-refractivity contribution in [1.82, 2.24) is 5.16 Å². The summed E-state index contributed by atoms with van der Waals surface area (Å²) in [5, 5.41) is 13.3. The fourth-order valence-electron chi connectivity index (χ4n) is 2.15. The smallest absolute Gasteiger partial charge is 0.312 e. The number of rotatable bonds is 4. The number of esters is 1. The standard InChI is InChI=1S/C17H11FN2O3/c18-14-7-11(9-19)5-6-12(14)10-22-17(21)8-15-13-3-1-2-4-16(13)23-20-15/h1-7H,8,10H2. The van der Waals surface area contributed by atoms with Crippen molar-refractivity contribution >= 4 is 16.9 Å². The number of carbonyl (C=O) groups excluding carboxylic acids is 1. The summed E-state index contributed by atoms with van der Waals surface area (Å²) in [6, 6.07) is 13.0. The van der Waals surface area contributed by atoms with Crippen LogP contribution in [0, 0.1) is 17.1 Å². The molecule has 0 aliphatic heterocycles. The van der Waals surface area contributed by atoms with Crippen molar-refractivity contribution in [3.05, 3.63) is 65.1 Å². The molecule has 0 aliphatic carbocycles. The molecule has 6 heteroatoms. The van der Waals surface area contributed by atoms with Gasteiger partial charge >= 0.3 is 5.97 Å². The van der Waals surface area contributed by atoms with Crippen LogP contribution in [0.3, 0.4) is 0 Å². The van der Waals surface area contributed by atoms with E-state index in [9.17, 15) is 9.18 Å². The third-order valence-corrected chi connectivity index (χ3v) is 3.33.